The number of nitrogens with zero attached hydrogens (tertiary/aromatic N) is 1. The molecule has 5 fully saturated rings. The summed E-state index contributed by atoms with van der Waals surface area (Å²) in [7, 11) is 4.02. The SMILES string of the molecule is C[C@H]1O[C@@H]2C(OC3(OS)CC23)C(N(C)C)C1O[C@H]1CC2(O)OC2[C@@H](C)O1. The first-order chi connectivity index (χ1) is 12.3. The molecule has 4 aliphatic heterocycles. The maximum absolute atomic E-state index is 10.3. The topological polar surface area (TPSA) is 82.2 Å². The van der Waals surface area contributed by atoms with Gasteiger partial charge in [0.1, 0.15) is 18.3 Å². The van der Waals surface area contributed by atoms with E-state index >= 15 is 0 Å². The second kappa shape index (κ2) is 5.77. The highest BCUT2D eigenvalue weighted by Crippen LogP contribution is 2.61. The standard InChI is InChI=1S/C17H27NO7S/c1-7-12(22-10-6-16(19)15(24-16)8(2)20-10)11(18(3)4)14-13(21-7)9-5-17(9,23-14)25-26/h7-15,19,26H,5-6H2,1-4H3/t7-,8-,9?,10+,11?,12?,13+,14?,15?,16?,17?/m1/s1. The van der Waals surface area contributed by atoms with Crippen molar-refractivity contribution in [1.82, 2.24) is 4.90 Å². The molecule has 9 heteroatoms. The van der Waals surface area contributed by atoms with Crippen molar-refractivity contribution in [1.29, 1.82) is 0 Å². The van der Waals surface area contributed by atoms with E-state index < -0.39 is 17.9 Å². The molecule has 26 heavy (non-hydrogen) atoms. The molecule has 0 aromatic carbocycles. The highest BCUT2D eigenvalue weighted by molar-refractivity contribution is 7.75. The number of aliphatic hydroxyl groups is 1. The van der Waals surface area contributed by atoms with Gasteiger partial charge in [0, 0.05) is 12.3 Å². The minimum Gasteiger partial charge on any atom is -0.369 e. The lowest BCUT2D eigenvalue weighted by Crippen LogP contribution is -2.63. The van der Waals surface area contributed by atoms with Crippen LogP contribution in [-0.2, 0) is 27.9 Å². The fourth-order valence-corrected chi connectivity index (χ4v) is 5.33. The Hall–Kier alpha value is 0.0300. The molecule has 0 aromatic heterocycles. The third-order valence-electron chi connectivity index (χ3n) is 6.50. The zero-order chi connectivity index (χ0) is 18.4. The Morgan fingerprint density at radius 3 is 2.50 bits per heavy atom. The van der Waals surface area contributed by atoms with E-state index in [4.69, 9.17) is 27.9 Å². The molecule has 4 saturated heterocycles. The molecule has 1 aliphatic carbocycles. The van der Waals surface area contributed by atoms with Crippen molar-refractivity contribution in [3.8, 4) is 0 Å². The Labute approximate surface area is 158 Å². The highest BCUT2D eigenvalue weighted by atomic mass is 32.1. The molecule has 1 saturated carbocycles. The van der Waals surface area contributed by atoms with Gasteiger partial charge in [0.05, 0.1) is 30.8 Å². The summed E-state index contributed by atoms with van der Waals surface area (Å²) in [5, 5.41) is 10.3. The van der Waals surface area contributed by atoms with Crippen molar-refractivity contribution in [3.05, 3.63) is 0 Å². The predicted octanol–water partition coefficient (Wildman–Crippen LogP) is 0.288. The van der Waals surface area contributed by atoms with Crippen molar-refractivity contribution in [2.24, 2.45) is 5.92 Å². The van der Waals surface area contributed by atoms with Crippen molar-refractivity contribution in [2.45, 2.75) is 87.2 Å². The Balaban J connectivity index is 1.35. The summed E-state index contributed by atoms with van der Waals surface area (Å²) >= 11 is 4.00. The van der Waals surface area contributed by atoms with E-state index in [1.165, 1.54) is 0 Å². The first-order valence-corrected chi connectivity index (χ1v) is 9.68. The Morgan fingerprint density at radius 1 is 1.08 bits per heavy atom. The average Bonchev–Trinajstić information content (AvgIpc) is 3.43. The summed E-state index contributed by atoms with van der Waals surface area (Å²) in [4.78, 5) is 2.11. The van der Waals surface area contributed by atoms with Crippen LogP contribution in [0.25, 0.3) is 0 Å². The van der Waals surface area contributed by atoms with E-state index in [1.54, 1.807) is 0 Å². The molecule has 1 N–H and O–H groups in total. The molecule has 4 heterocycles. The van der Waals surface area contributed by atoms with Crippen LogP contribution in [-0.4, -0.2) is 84.6 Å². The van der Waals surface area contributed by atoms with Crippen LogP contribution < -0.4 is 0 Å². The molecule has 5 rings (SSSR count). The van der Waals surface area contributed by atoms with E-state index in [0.29, 0.717) is 6.42 Å². The van der Waals surface area contributed by atoms with E-state index in [-0.39, 0.29) is 48.6 Å². The largest absolute Gasteiger partial charge is 0.369 e. The van der Waals surface area contributed by atoms with Gasteiger partial charge in [-0.3, -0.25) is 4.18 Å². The zero-order valence-electron chi connectivity index (χ0n) is 15.4. The van der Waals surface area contributed by atoms with Gasteiger partial charge < -0.3 is 33.7 Å². The van der Waals surface area contributed by atoms with Crippen LogP contribution in [0.15, 0.2) is 0 Å². The fraction of sp³-hybridized carbons (Fsp3) is 1.00. The van der Waals surface area contributed by atoms with Gasteiger partial charge in [-0.2, -0.15) is 0 Å². The summed E-state index contributed by atoms with van der Waals surface area (Å²) < 4.78 is 35.4. The number of rotatable bonds is 4. The first-order valence-electron chi connectivity index (χ1n) is 9.31. The van der Waals surface area contributed by atoms with Crippen LogP contribution in [0.3, 0.4) is 0 Å². The maximum atomic E-state index is 10.3. The molecule has 0 amide bonds. The molecule has 11 atom stereocenters. The van der Waals surface area contributed by atoms with E-state index in [0.717, 1.165) is 6.42 Å². The number of epoxide rings is 1. The van der Waals surface area contributed by atoms with Gasteiger partial charge in [-0.05, 0) is 40.9 Å². The Kier molecular flexibility index (Phi) is 4.02. The van der Waals surface area contributed by atoms with Crippen LogP contribution in [0.5, 0.6) is 0 Å². The number of thiol groups is 1. The third kappa shape index (κ3) is 2.53. The molecule has 0 aromatic rings. The number of hydrogen-bond acceptors (Lipinski definition) is 9. The van der Waals surface area contributed by atoms with Gasteiger partial charge in [-0.1, -0.05) is 0 Å². The molecule has 148 valence electrons. The average molecular weight is 389 g/mol. The van der Waals surface area contributed by atoms with Crippen LogP contribution in [0, 0.1) is 5.92 Å². The summed E-state index contributed by atoms with van der Waals surface area (Å²) in [6, 6.07) is -0.0247. The van der Waals surface area contributed by atoms with Crippen LogP contribution >= 0.6 is 12.9 Å². The molecule has 0 bridgehead atoms. The highest BCUT2D eigenvalue weighted by Gasteiger charge is 2.73. The zero-order valence-corrected chi connectivity index (χ0v) is 16.3. The number of likely N-dealkylation sites (N-methyl/N-ethyl adjacent to an activating group) is 1. The van der Waals surface area contributed by atoms with Gasteiger partial charge >= 0.3 is 0 Å². The van der Waals surface area contributed by atoms with Gasteiger partial charge in [0.2, 0.25) is 5.79 Å². The summed E-state index contributed by atoms with van der Waals surface area (Å²) in [5.74, 6) is -1.53. The van der Waals surface area contributed by atoms with Gasteiger partial charge in [-0.15, -0.1) is 0 Å². The van der Waals surface area contributed by atoms with Crippen molar-refractivity contribution < 1.29 is 33.0 Å². The molecule has 8 nitrogen and oxygen atoms in total. The van der Waals surface area contributed by atoms with Gasteiger partial charge in [-0.25, -0.2) is 0 Å². The maximum Gasteiger partial charge on any atom is 0.200 e. The van der Waals surface area contributed by atoms with E-state index in [2.05, 4.69) is 17.8 Å². The van der Waals surface area contributed by atoms with Gasteiger partial charge in [0.25, 0.3) is 0 Å². The normalized spacial score (nSPS) is 60.3. The molecular formula is C17H27NO7S. The minimum absolute atomic E-state index is 0.0247. The number of ether oxygens (including phenoxy) is 5. The number of hydrogen-bond donors (Lipinski definition) is 2. The predicted molar refractivity (Wildman–Crippen MR) is 91.2 cm³/mol. The smallest absolute Gasteiger partial charge is 0.200 e. The first kappa shape index (κ1) is 18.1. The minimum atomic E-state index is -1.12. The molecule has 0 spiro atoms. The molecule has 5 aliphatic rings. The van der Waals surface area contributed by atoms with Crippen LogP contribution in [0.4, 0.5) is 0 Å². The fourth-order valence-electron chi connectivity index (χ4n) is 5.07. The summed E-state index contributed by atoms with van der Waals surface area (Å²) in [6.07, 6.45) is -0.504. The second-order valence-electron chi connectivity index (χ2n) is 8.52. The Morgan fingerprint density at radius 2 is 1.85 bits per heavy atom. The lowest BCUT2D eigenvalue weighted by molar-refractivity contribution is -0.284. The van der Waals surface area contributed by atoms with Crippen molar-refractivity contribution in [3.63, 3.8) is 0 Å². The molecule has 7 unspecified atom stereocenters. The lowest BCUT2D eigenvalue weighted by Gasteiger charge is -2.47. The monoisotopic (exact) mass is 389 g/mol. The Bertz CT molecular complexity index is 595. The van der Waals surface area contributed by atoms with Crippen LogP contribution in [0.1, 0.15) is 26.7 Å². The van der Waals surface area contributed by atoms with E-state index in [1.807, 2.05) is 27.9 Å². The quantitative estimate of drug-likeness (QED) is 0.403. The van der Waals surface area contributed by atoms with Crippen molar-refractivity contribution in [2.75, 3.05) is 14.1 Å². The third-order valence-corrected chi connectivity index (χ3v) is 6.81. The molecular weight excluding hydrogens is 362 g/mol. The van der Waals surface area contributed by atoms with Gasteiger partial charge in [0.15, 0.2) is 12.1 Å². The van der Waals surface area contributed by atoms with E-state index in [9.17, 15) is 5.11 Å². The number of fused-ring (bicyclic) bond motifs is 4. The molecule has 0 radical (unpaired) electrons. The van der Waals surface area contributed by atoms with Crippen LogP contribution in [0.2, 0.25) is 0 Å². The second-order valence-corrected chi connectivity index (χ2v) is 8.70. The summed E-state index contributed by atoms with van der Waals surface area (Å²) in [6.45, 7) is 3.90. The van der Waals surface area contributed by atoms with Crippen molar-refractivity contribution >= 4 is 12.9 Å². The summed E-state index contributed by atoms with van der Waals surface area (Å²) in [5.41, 5.74) is 0. The lowest BCUT2D eigenvalue weighted by atomic mass is 9.90.